The Labute approximate surface area is 134 Å². The van der Waals surface area contributed by atoms with Gasteiger partial charge in [-0.05, 0) is 19.1 Å². The summed E-state index contributed by atoms with van der Waals surface area (Å²) >= 11 is 0. The van der Waals surface area contributed by atoms with Crippen LogP contribution in [0.15, 0.2) is 28.2 Å². The van der Waals surface area contributed by atoms with Crippen LogP contribution in [0.25, 0.3) is 0 Å². The monoisotopic (exact) mass is 334 g/mol. The Morgan fingerprint density at radius 3 is 2.78 bits per heavy atom. The molecule has 0 saturated heterocycles. The second-order valence-corrected chi connectivity index (χ2v) is 7.73. The van der Waals surface area contributed by atoms with Crippen molar-refractivity contribution < 1.29 is 8.42 Å². The maximum Gasteiger partial charge on any atom is 0.256 e. The topological polar surface area (TPSA) is 96.0 Å². The van der Waals surface area contributed by atoms with Crippen molar-refractivity contribution in [2.75, 3.05) is 12.8 Å². The van der Waals surface area contributed by atoms with E-state index in [0.717, 1.165) is 17.6 Å². The minimum Gasteiger partial charge on any atom is -0.297 e. The van der Waals surface area contributed by atoms with Crippen LogP contribution in [0.1, 0.15) is 22.6 Å². The highest BCUT2D eigenvalue weighted by atomic mass is 32.2. The van der Waals surface area contributed by atoms with Crippen molar-refractivity contribution in [1.82, 2.24) is 19.9 Å². The van der Waals surface area contributed by atoms with Gasteiger partial charge in [-0.15, -0.1) is 0 Å². The first kappa shape index (κ1) is 15.8. The summed E-state index contributed by atoms with van der Waals surface area (Å²) in [5.41, 5.74) is 2.64. The summed E-state index contributed by atoms with van der Waals surface area (Å²) < 4.78 is 23.1. The van der Waals surface area contributed by atoms with Crippen LogP contribution < -0.4 is 5.56 Å². The minimum atomic E-state index is -3.52. The zero-order valence-corrected chi connectivity index (χ0v) is 13.9. The Balaban J connectivity index is 1.85. The molecule has 0 aliphatic carbocycles. The molecule has 2 aromatic heterocycles. The summed E-state index contributed by atoms with van der Waals surface area (Å²) in [4.78, 5) is 25.3. The summed E-state index contributed by atoms with van der Waals surface area (Å²) in [5.74, 6) is 0. The maximum absolute atomic E-state index is 12.2. The number of hydrogen-bond donors (Lipinski definition) is 1. The first-order valence-corrected chi connectivity index (χ1v) is 9.19. The Hall–Kier alpha value is -2.06. The molecule has 0 spiro atoms. The van der Waals surface area contributed by atoms with E-state index >= 15 is 0 Å². The molecule has 0 atom stereocenters. The fraction of sp³-hybridized carbons (Fsp3) is 0.400. The molecule has 8 heteroatoms. The van der Waals surface area contributed by atoms with E-state index in [4.69, 9.17) is 0 Å². The van der Waals surface area contributed by atoms with Crippen molar-refractivity contribution >= 4 is 9.84 Å². The van der Waals surface area contributed by atoms with Gasteiger partial charge >= 0.3 is 0 Å². The molecule has 0 saturated carbocycles. The van der Waals surface area contributed by atoms with Crippen LogP contribution in [0, 0.1) is 6.92 Å². The van der Waals surface area contributed by atoms with Gasteiger partial charge in [0.1, 0.15) is 0 Å². The third-order valence-corrected chi connectivity index (χ3v) is 4.70. The standard InChI is InChI=1S/C15H18N4O3S/c1-10-4-3-5-11(16-10)8-19-7-6-13-12(9-19)14(20)18-15(17-13)23(2,21)22/h3-5H,6-9H2,1-2H3,(H,17,18,20). The van der Waals surface area contributed by atoms with Gasteiger partial charge < -0.3 is 0 Å². The van der Waals surface area contributed by atoms with Crippen molar-refractivity contribution in [2.45, 2.75) is 31.6 Å². The Kier molecular flexibility index (Phi) is 4.03. The lowest BCUT2D eigenvalue weighted by molar-refractivity contribution is 0.238. The fourth-order valence-corrected chi connectivity index (χ4v) is 3.24. The highest BCUT2D eigenvalue weighted by Crippen LogP contribution is 2.16. The lowest BCUT2D eigenvalue weighted by atomic mass is 10.1. The first-order chi connectivity index (χ1) is 10.8. The minimum absolute atomic E-state index is 0.255. The third kappa shape index (κ3) is 3.48. The van der Waals surface area contributed by atoms with E-state index < -0.39 is 9.84 Å². The number of H-pyrrole nitrogens is 1. The molecule has 2 aromatic rings. The van der Waals surface area contributed by atoms with Crippen LogP contribution in [0.4, 0.5) is 0 Å². The van der Waals surface area contributed by atoms with Crippen molar-refractivity contribution in [3.05, 3.63) is 51.2 Å². The van der Waals surface area contributed by atoms with E-state index in [1.54, 1.807) is 0 Å². The number of nitrogens with zero attached hydrogens (tertiary/aromatic N) is 3. The predicted octanol–water partition coefficient (Wildman–Crippen LogP) is 0.435. The van der Waals surface area contributed by atoms with Crippen molar-refractivity contribution in [1.29, 1.82) is 0 Å². The molecule has 3 rings (SSSR count). The van der Waals surface area contributed by atoms with E-state index in [0.29, 0.717) is 37.3 Å². The van der Waals surface area contributed by atoms with Crippen molar-refractivity contribution in [3.8, 4) is 0 Å². The molecular formula is C15H18N4O3S. The Bertz CT molecular complexity index is 905. The number of aryl methyl sites for hydroxylation is 1. The van der Waals surface area contributed by atoms with Gasteiger partial charge in [0.05, 0.1) is 17.0 Å². The SMILES string of the molecule is Cc1cccc(CN2CCc3nc(S(C)(=O)=O)[nH]c(=O)c3C2)n1. The van der Waals surface area contributed by atoms with E-state index in [-0.39, 0.29) is 10.7 Å². The molecule has 122 valence electrons. The van der Waals surface area contributed by atoms with Crippen LogP contribution in [0.2, 0.25) is 0 Å². The van der Waals surface area contributed by atoms with Crippen LogP contribution >= 0.6 is 0 Å². The van der Waals surface area contributed by atoms with E-state index in [2.05, 4.69) is 19.9 Å². The average molecular weight is 334 g/mol. The Morgan fingerprint density at radius 1 is 1.30 bits per heavy atom. The largest absolute Gasteiger partial charge is 0.297 e. The van der Waals surface area contributed by atoms with Crippen LogP contribution in [-0.2, 0) is 29.3 Å². The number of hydrogen-bond acceptors (Lipinski definition) is 6. The molecule has 23 heavy (non-hydrogen) atoms. The molecule has 0 fully saturated rings. The molecule has 1 aliphatic rings. The normalized spacial score (nSPS) is 15.4. The summed E-state index contributed by atoms with van der Waals surface area (Å²) in [7, 11) is -3.52. The number of rotatable bonds is 3. The molecule has 0 bridgehead atoms. The molecule has 7 nitrogen and oxygen atoms in total. The molecule has 1 aliphatic heterocycles. The number of aromatic amines is 1. The van der Waals surface area contributed by atoms with Gasteiger partial charge in [0, 0.05) is 38.0 Å². The van der Waals surface area contributed by atoms with Crippen LogP contribution in [-0.4, -0.2) is 41.1 Å². The van der Waals surface area contributed by atoms with Gasteiger partial charge in [-0.25, -0.2) is 13.4 Å². The quantitative estimate of drug-likeness (QED) is 0.818. The fourth-order valence-electron chi connectivity index (χ4n) is 2.69. The van der Waals surface area contributed by atoms with Gasteiger partial charge in [-0.3, -0.25) is 19.7 Å². The van der Waals surface area contributed by atoms with Crippen LogP contribution in [0.5, 0.6) is 0 Å². The zero-order chi connectivity index (χ0) is 16.6. The van der Waals surface area contributed by atoms with Crippen molar-refractivity contribution in [2.24, 2.45) is 0 Å². The molecule has 0 amide bonds. The molecular weight excluding hydrogens is 316 g/mol. The maximum atomic E-state index is 12.2. The lowest BCUT2D eigenvalue weighted by Crippen LogP contribution is -2.36. The molecule has 3 heterocycles. The van der Waals surface area contributed by atoms with E-state index in [9.17, 15) is 13.2 Å². The van der Waals surface area contributed by atoms with Gasteiger partial charge in [0.15, 0.2) is 0 Å². The highest BCUT2D eigenvalue weighted by molar-refractivity contribution is 7.90. The smallest absolute Gasteiger partial charge is 0.256 e. The molecule has 0 aromatic carbocycles. The number of fused-ring (bicyclic) bond motifs is 1. The summed E-state index contributed by atoms with van der Waals surface area (Å²) in [6, 6.07) is 5.86. The zero-order valence-electron chi connectivity index (χ0n) is 13.0. The second kappa shape index (κ2) is 5.86. The molecule has 1 N–H and O–H groups in total. The Morgan fingerprint density at radius 2 is 2.09 bits per heavy atom. The average Bonchev–Trinajstić information content (AvgIpc) is 2.47. The van der Waals surface area contributed by atoms with Gasteiger partial charge in [0.2, 0.25) is 15.0 Å². The highest BCUT2D eigenvalue weighted by Gasteiger charge is 2.23. The van der Waals surface area contributed by atoms with Crippen LogP contribution in [0.3, 0.4) is 0 Å². The van der Waals surface area contributed by atoms with Gasteiger partial charge in [0.25, 0.3) is 5.56 Å². The first-order valence-electron chi connectivity index (χ1n) is 7.30. The third-order valence-electron chi connectivity index (χ3n) is 3.81. The van der Waals surface area contributed by atoms with Gasteiger partial charge in [-0.2, -0.15) is 0 Å². The van der Waals surface area contributed by atoms with Gasteiger partial charge in [-0.1, -0.05) is 6.07 Å². The summed E-state index contributed by atoms with van der Waals surface area (Å²) in [6.07, 6.45) is 1.59. The predicted molar refractivity (Wildman–Crippen MR) is 84.8 cm³/mol. The number of pyridine rings is 1. The molecule has 0 unspecified atom stereocenters. The van der Waals surface area contributed by atoms with Crippen molar-refractivity contribution in [3.63, 3.8) is 0 Å². The summed E-state index contributed by atoms with van der Waals surface area (Å²) in [5, 5.41) is -0.255. The number of aromatic nitrogens is 3. The molecule has 0 radical (unpaired) electrons. The summed E-state index contributed by atoms with van der Waals surface area (Å²) in [6.45, 7) is 3.74. The second-order valence-electron chi connectivity index (χ2n) is 5.80. The van der Waals surface area contributed by atoms with E-state index in [1.165, 1.54) is 0 Å². The van der Waals surface area contributed by atoms with E-state index in [1.807, 2.05) is 25.1 Å². The number of sulfone groups is 1. The lowest BCUT2D eigenvalue weighted by Gasteiger charge is -2.27. The number of nitrogens with one attached hydrogen (secondary N) is 1.